The molecule has 34 heavy (non-hydrogen) atoms. The summed E-state index contributed by atoms with van der Waals surface area (Å²) in [5.74, 6) is 1.07. The third kappa shape index (κ3) is 5.64. The molecule has 0 atom stereocenters. The number of halogens is 3. The van der Waals surface area contributed by atoms with Crippen molar-refractivity contribution < 1.29 is 22.7 Å². The molecule has 0 radical (unpaired) electrons. The lowest BCUT2D eigenvalue weighted by atomic mass is 10.1. The molecule has 0 N–H and O–H groups in total. The Morgan fingerprint density at radius 2 is 1.68 bits per heavy atom. The van der Waals surface area contributed by atoms with E-state index in [9.17, 15) is 18.0 Å². The van der Waals surface area contributed by atoms with Crippen molar-refractivity contribution in [1.29, 1.82) is 0 Å². The van der Waals surface area contributed by atoms with Gasteiger partial charge >= 0.3 is 12.3 Å². The van der Waals surface area contributed by atoms with Gasteiger partial charge in [-0.1, -0.05) is 12.1 Å². The van der Waals surface area contributed by atoms with Crippen LogP contribution < -0.4 is 4.90 Å². The van der Waals surface area contributed by atoms with Crippen LogP contribution in [-0.2, 0) is 10.9 Å². The molecule has 3 heterocycles. The van der Waals surface area contributed by atoms with E-state index in [1.54, 1.807) is 17.2 Å². The number of aromatic nitrogens is 3. The van der Waals surface area contributed by atoms with Gasteiger partial charge in [0.1, 0.15) is 11.4 Å². The molecule has 7 nitrogen and oxygen atoms in total. The largest absolute Gasteiger partial charge is 0.444 e. The summed E-state index contributed by atoms with van der Waals surface area (Å²) in [7, 11) is 0. The van der Waals surface area contributed by atoms with E-state index in [0.717, 1.165) is 17.7 Å². The normalized spacial score (nSPS) is 14.9. The van der Waals surface area contributed by atoms with Crippen molar-refractivity contribution in [2.75, 3.05) is 31.1 Å². The van der Waals surface area contributed by atoms with Crippen molar-refractivity contribution in [2.45, 2.75) is 32.5 Å². The zero-order chi connectivity index (χ0) is 24.5. The summed E-state index contributed by atoms with van der Waals surface area (Å²) in [5.41, 5.74) is 0.502. The summed E-state index contributed by atoms with van der Waals surface area (Å²) in [6, 6.07) is 6.66. The highest BCUT2D eigenvalue weighted by Gasteiger charge is 2.30. The molecule has 1 aliphatic rings. The zero-order valence-corrected chi connectivity index (χ0v) is 19.8. The molecule has 1 amide bonds. The van der Waals surface area contributed by atoms with Crippen LogP contribution in [0.5, 0.6) is 0 Å². The van der Waals surface area contributed by atoms with E-state index in [1.807, 2.05) is 31.1 Å². The number of hydrogen-bond donors (Lipinski definition) is 0. The van der Waals surface area contributed by atoms with Crippen LogP contribution in [0.15, 0.2) is 41.9 Å². The Hall–Kier alpha value is -3.21. The van der Waals surface area contributed by atoms with E-state index >= 15 is 0 Å². The molecule has 1 fully saturated rings. The van der Waals surface area contributed by atoms with Crippen LogP contribution in [0.4, 0.5) is 23.8 Å². The number of hydrogen-bond acceptors (Lipinski definition) is 7. The number of carbonyl (C=O) groups is 1. The van der Waals surface area contributed by atoms with Crippen molar-refractivity contribution in [1.82, 2.24) is 19.2 Å². The topological polar surface area (TPSA) is 71.5 Å². The summed E-state index contributed by atoms with van der Waals surface area (Å²) in [4.78, 5) is 25.3. The molecule has 1 saturated heterocycles. The van der Waals surface area contributed by atoms with Crippen LogP contribution in [0.1, 0.15) is 26.3 Å². The molecule has 0 saturated carbocycles. The fourth-order valence-electron chi connectivity index (χ4n) is 3.46. The number of alkyl halides is 3. The smallest absolute Gasteiger partial charge is 0.416 e. The summed E-state index contributed by atoms with van der Waals surface area (Å²) < 4.78 is 48.5. The van der Waals surface area contributed by atoms with Crippen LogP contribution in [0, 0.1) is 0 Å². The molecule has 0 spiro atoms. The summed E-state index contributed by atoms with van der Waals surface area (Å²) in [6.07, 6.45) is -3.11. The highest BCUT2D eigenvalue weighted by atomic mass is 32.1. The molecule has 4 rings (SSSR count). The molecule has 0 unspecified atom stereocenters. The van der Waals surface area contributed by atoms with Gasteiger partial charge in [0.25, 0.3) is 0 Å². The van der Waals surface area contributed by atoms with E-state index in [1.165, 1.54) is 23.7 Å². The Kier molecular flexibility index (Phi) is 6.48. The SMILES string of the molecule is CC(C)(C)OC(=O)N1CCN(c2cc(-c3ccc(C(F)(F)F)cc3)nc(-c3cnsc3)n2)CC1. The maximum absolute atomic E-state index is 13.0. The molecule has 2 aromatic heterocycles. The minimum atomic E-state index is -4.41. The van der Waals surface area contributed by atoms with Crippen LogP contribution in [0.2, 0.25) is 0 Å². The van der Waals surface area contributed by atoms with Gasteiger partial charge < -0.3 is 14.5 Å². The number of rotatable bonds is 3. The number of piperazine rings is 1. The van der Waals surface area contributed by atoms with Gasteiger partial charge in [0.2, 0.25) is 0 Å². The zero-order valence-electron chi connectivity index (χ0n) is 19.0. The fourth-order valence-corrected chi connectivity index (χ4v) is 3.98. The van der Waals surface area contributed by atoms with Gasteiger partial charge in [-0.05, 0) is 44.4 Å². The average molecular weight is 492 g/mol. The van der Waals surface area contributed by atoms with E-state index in [-0.39, 0.29) is 6.09 Å². The summed E-state index contributed by atoms with van der Waals surface area (Å²) in [6.45, 7) is 7.46. The Balaban J connectivity index is 1.60. The van der Waals surface area contributed by atoms with E-state index in [2.05, 4.69) is 14.3 Å². The number of amides is 1. The van der Waals surface area contributed by atoms with Gasteiger partial charge in [0.15, 0.2) is 5.82 Å². The quantitative estimate of drug-likeness (QED) is 0.492. The van der Waals surface area contributed by atoms with Gasteiger partial charge in [-0.15, -0.1) is 0 Å². The Morgan fingerprint density at radius 1 is 1.00 bits per heavy atom. The maximum atomic E-state index is 13.0. The molecule has 11 heteroatoms. The highest BCUT2D eigenvalue weighted by molar-refractivity contribution is 7.03. The van der Waals surface area contributed by atoms with Crippen molar-refractivity contribution in [2.24, 2.45) is 0 Å². The predicted octanol–water partition coefficient (Wildman–Crippen LogP) is 5.34. The number of anilines is 1. The van der Waals surface area contributed by atoms with Gasteiger partial charge in [0, 0.05) is 43.2 Å². The lowest BCUT2D eigenvalue weighted by Gasteiger charge is -2.36. The van der Waals surface area contributed by atoms with Gasteiger partial charge in [0.05, 0.1) is 23.0 Å². The third-order valence-corrected chi connectivity index (χ3v) is 5.75. The molecule has 1 aliphatic heterocycles. The van der Waals surface area contributed by atoms with Crippen molar-refractivity contribution in [3.8, 4) is 22.6 Å². The minimum absolute atomic E-state index is 0.356. The molecule has 1 aromatic carbocycles. The second-order valence-electron chi connectivity index (χ2n) is 8.88. The van der Waals surface area contributed by atoms with Crippen LogP contribution in [-0.4, -0.2) is 57.1 Å². The second-order valence-corrected chi connectivity index (χ2v) is 9.53. The van der Waals surface area contributed by atoms with Crippen LogP contribution >= 0.6 is 11.5 Å². The third-order valence-electron chi connectivity index (χ3n) is 5.17. The van der Waals surface area contributed by atoms with Crippen molar-refractivity contribution >= 4 is 23.4 Å². The number of ether oxygens (including phenoxy) is 1. The van der Waals surface area contributed by atoms with Crippen molar-refractivity contribution in [3.05, 3.63) is 47.5 Å². The predicted molar refractivity (Wildman–Crippen MR) is 124 cm³/mol. The average Bonchev–Trinajstić information content (AvgIpc) is 3.32. The fraction of sp³-hybridized carbons (Fsp3) is 0.391. The Morgan fingerprint density at radius 3 is 2.24 bits per heavy atom. The Bertz CT molecular complexity index is 1140. The van der Waals surface area contributed by atoms with E-state index in [4.69, 9.17) is 4.74 Å². The standard InChI is InChI=1S/C23H24F3N5O2S/c1-22(2,3)33-21(32)31-10-8-30(9-11-31)19-12-18(28-20(29-19)16-13-27-34-14-16)15-4-6-17(7-5-15)23(24,25)26/h4-7,12-14H,8-11H2,1-3H3. The number of benzene rings is 1. The van der Waals surface area contributed by atoms with Gasteiger partial charge in [-0.3, -0.25) is 0 Å². The summed E-state index contributed by atoms with van der Waals surface area (Å²) >= 11 is 1.26. The van der Waals surface area contributed by atoms with Gasteiger partial charge in [-0.2, -0.15) is 13.2 Å². The van der Waals surface area contributed by atoms with Crippen LogP contribution in [0.25, 0.3) is 22.6 Å². The highest BCUT2D eigenvalue weighted by Crippen LogP contribution is 2.32. The first-order chi connectivity index (χ1) is 16.0. The number of nitrogens with zero attached hydrogens (tertiary/aromatic N) is 5. The number of carbonyl (C=O) groups excluding carboxylic acids is 1. The maximum Gasteiger partial charge on any atom is 0.416 e. The monoisotopic (exact) mass is 491 g/mol. The van der Waals surface area contributed by atoms with E-state index in [0.29, 0.717) is 49.1 Å². The van der Waals surface area contributed by atoms with E-state index < -0.39 is 17.3 Å². The first-order valence-electron chi connectivity index (χ1n) is 10.7. The first-order valence-corrected chi connectivity index (χ1v) is 11.5. The van der Waals surface area contributed by atoms with Gasteiger partial charge in [-0.25, -0.2) is 19.1 Å². The first kappa shape index (κ1) is 23.9. The molecular formula is C23H24F3N5O2S. The lowest BCUT2D eigenvalue weighted by molar-refractivity contribution is -0.137. The summed E-state index contributed by atoms with van der Waals surface area (Å²) in [5, 5.41) is 1.82. The molecule has 0 aliphatic carbocycles. The van der Waals surface area contributed by atoms with Crippen molar-refractivity contribution in [3.63, 3.8) is 0 Å². The Labute approximate surface area is 199 Å². The van der Waals surface area contributed by atoms with Crippen LogP contribution in [0.3, 0.4) is 0 Å². The minimum Gasteiger partial charge on any atom is -0.444 e. The second kappa shape index (κ2) is 9.21. The molecule has 180 valence electrons. The molecule has 3 aromatic rings. The lowest BCUT2D eigenvalue weighted by Crippen LogP contribution is -2.50. The molecule has 0 bridgehead atoms. The molecular weight excluding hydrogens is 467 g/mol.